The van der Waals surface area contributed by atoms with Crippen molar-refractivity contribution in [3.05, 3.63) is 63.3 Å². The van der Waals surface area contributed by atoms with Gasteiger partial charge in [0.1, 0.15) is 0 Å². The lowest BCUT2D eigenvalue weighted by atomic mass is 10.1. The van der Waals surface area contributed by atoms with Gasteiger partial charge in [-0.15, -0.1) is 0 Å². The van der Waals surface area contributed by atoms with E-state index in [9.17, 15) is 14.4 Å². The van der Waals surface area contributed by atoms with Gasteiger partial charge in [-0.25, -0.2) is 4.79 Å². The number of aromatic carboxylic acids is 1. The molecule has 22 heavy (non-hydrogen) atoms. The number of nitrogens with zero attached hydrogens (tertiary/aromatic N) is 1. The Hall–Kier alpha value is -2.96. The number of carbonyl (C=O) groups is 2. The number of hydrogen-bond donors (Lipinski definition) is 3. The number of rotatable bonds is 5. The van der Waals surface area contributed by atoms with E-state index >= 15 is 0 Å². The van der Waals surface area contributed by atoms with E-state index in [1.165, 1.54) is 19.2 Å². The fourth-order valence-electron chi connectivity index (χ4n) is 1.88. The summed E-state index contributed by atoms with van der Waals surface area (Å²) in [5.74, 6) is -1.23. The van der Waals surface area contributed by atoms with Crippen LogP contribution in [0, 0.1) is 0 Å². The number of hydrogen-bond acceptors (Lipinski definition) is 4. The standard InChI is InChI=1S/C15H15N3O4/c1-9(19)16-8-13-3-2-10(6-17-13)4-11-5-12(15(21)22)7-18-14(11)20/h2-3,5-7H,4,8H2,1H3,(H,16,19)(H,18,20)(H,21,22). The average Bonchev–Trinajstić information content (AvgIpc) is 2.48. The fourth-order valence-corrected chi connectivity index (χ4v) is 1.88. The van der Waals surface area contributed by atoms with Crippen LogP contribution in [-0.4, -0.2) is 27.0 Å². The molecule has 0 fully saturated rings. The third kappa shape index (κ3) is 4.02. The van der Waals surface area contributed by atoms with Gasteiger partial charge in [0.15, 0.2) is 0 Å². The minimum Gasteiger partial charge on any atom is -0.478 e. The number of H-pyrrole nitrogens is 1. The molecule has 2 heterocycles. The predicted molar refractivity (Wildman–Crippen MR) is 78.6 cm³/mol. The summed E-state index contributed by atoms with van der Waals surface area (Å²) in [6, 6.07) is 4.89. The Kier molecular flexibility index (Phi) is 4.67. The first-order valence-electron chi connectivity index (χ1n) is 6.59. The number of aromatic amines is 1. The highest BCUT2D eigenvalue weighted by atomic mass is 16.4. The second-order valence-corrected chi connectivity index (χ2v) is 4.79. The molecule has 3 N–H and O–H groups in total. The lowest BCUT2D eigenvalue weighted by Gasteiger charge is -2.05. The van der Waals surface area contributed by atoms with Gasteiger partial charge in [0.05, 0.1) is 17.8 Å². The molecule has 0 bridgehead atoms. The van der Waals surface area contributed by atoms with Gasteiger partial charge in [-0.3, -0.25) is 14.6 Å². The molecule has 0 saturated carbocycles. The summed E-state index contributed by atoms with van der Waals surface area (Å²) in [5, 5.41) is 11.6. The van der Waals surface area contributed by atoms with Crippen molar-refractivity contribution in [2.75, 3.05) is 0 Å². The maximum Gasteiger partial charge on any atom is 0.337 e. The maximum atomic E-state index is 11.7. The zero-order valence-corrected chi connectivity index (χ0v) is 11.9. The van der Waals surface area contributed by atoms with Gasteiger partial charge in [0.2, 0.25) is 5.91 Å². The molecule has 0 unspecified atom stereocenters. The molecule has 2 aromatic rings. The molecule has 7 heteroatoms. The van der Waals surface area contributed by atoms with Gasteiger partial charge in [0.25, 0.3) is 5.56 Å². The lowest BCUT2D eigenvalue weighted by Crippen LogP contribution is -2.19. The summed E-state index contributed by atoms with van der Waals surface area (Å²) in [5.41, 5.74) is 1.54. The molecule has 0 aromatic carbocycles. The van der Waals surface area contributed by atoms with Crippen LogP contribution in [0.25, 0.3) is 0 Å². The number of pyridine rings is 2. The van der Waals surface area contributed by atoms with Crippen molar-refractivity contribution < 1.29 is 14.7 Å². The number of amides is 1. The second-order valence-electron chi connectivity index (χ2n) is 4.79. The summed E-state index contributed by atoms with van der Waals surface area (Å²) in [6.45, 7) is 1.76. The molecule has 0 saturated heterocycles. The minimum absolute atomic E-state index is 0.0323. The number of nitrogens with one attached hydrogen (secondary N) is 2. The molecule has 0 atom stereocenters. The van der Waals surface area contributed by atoms with Crippen LogP contribution < -0.4 is 10.9 Å². The van der Waals surface area contributed by atoms with Crippen LogP contribution in [-0.2, 0) is 17.8 Å². The third-order valence-electron chi connectivity index (χ3n) is 3.03. The van der Waals surface area contributed by atoms with Crippen LogP contribution in [0.3, 0.4) is 0 Å². The molecule has 2 aromatic heterocycles. The van der Waals surface area contributed by atoms with Crippen LogP contribution in [0.15, 0.2) is 35.4 Å². The van der Waals surface area contributed by atoms with Crippen molar-refractivity contribution in [3.8, 4) is 0 Å². The topological polar surface area (TPSA) is 112 Å². The van der Waals surface area contributed by atoms with Gasteiger partial charge in [-0.1, -0.05) is 6.07 Å². The summed E-state index contributed by atoms with van der Waals surface area (Å²) in [7, 11) is 0. The quantitative estimate of drug-likeness (QED) is 0.752. The Morgan fingerprint density at radius 1 is 1.36 bits per heavy atom. The first-order valence-corrected chi connectivity index (χ1v) is 6.59. The molecule has 2 rings (SSSR count). The highest BCUT2D eigenvalue weighted by Gasteiger charge is 2.08. The van der Waals surface area contributed by atoms with Crippen molar-refractivity contribution in [2.24, 2.45) is 0 Å². The van der Waals surface area contributed by atoms with Gasteiger partial charge < -0.3 is 15.4 Å². The van der Waals surface area contributed by atoms with E-state index in [1.807, 2.05) is 0 Å². The summed E-state index contributed by atoms with van der Waals surface area (Å²) in [6.07, 6.45) is 3.05. The highest BCUT2D eigenvalue weighted by molar-refractivity contribution is 5.87. The van der Waals surface area contributed by atoms with E-state index in [0.717, 1.165) is 5.56 Å². The van der Waals surface area contributed by atoms with Crippen LogP contribution in [0.1, 0.15) is 34.1 Å². The smallest absolute Gasteiger partial charge is 0.337 e. The lowest BCUT2D eigenvalue weighted by molar-refractivity contribution is -0.119. The Bertz CT molecular complexity index is 750. The molecule has 1 amide bonds. The Morgan fingerprint density at radius 2 is 2.14 bits per heavy atom. The first-order chi connectivity index (χ1) is 10.5. The van der Waals surface area contributed by atoms with E-state index < -0.39 is 5.97 Å². The monoisotopic (exact) mass is 301 g/mol. The molecule has 0 radical (unpaired) electrons. The second kappa shape index (κ2) is 6.66. The zero-order chi connectivity index (χ0) is 16.1. The van der Waals surface area contributed by atoms with E-state index in [1.54, 1.807) is 18.3 Å². The normalized spacial score (nSPS) is 10.2. The fraction of sp³-hybridized carbons (Fsp3) is 0.200. The molecule has 0 aliphatic heterocycles. The van der Waals surface area contributed by atoms with Crippen molar-refractivity contribution in [1.29, 1.82) is 0 Å². The van der Waals surface area contributed by atoms with Crippen LogP contribution in [0.4, 0.5) is 0 Å². The molecule has 7 nitrogen and oxygen atoms in total. The molecule has 0 aliphatic rings. The number of carboxylic acid groups (broad SMARTS) is 1. The SMILES string of the molecule is CC(=O)NCc1ccc(Cc2cc(C(=O)O)c[nH]c2=O)cn1. The van der Waals surface area contributed by atoms with Gasteiger partial charge in [-0.05, 0) is 17.7 Å². The highest BCUT2D eigenvalue weighted by Crippen LogP contribution is 2.07. The first kappa shape index (κ1) is 15.4. The van der Waals surface area contributed by atoms with Crippen LogP contribution in [0.5, 0.6) is 0 Å². The minimum atomic E-state index is -1.10. The third-order valence-corrected chi connectivity index (χ3v) is 3.03. The molecule has 0 spiro atoms. The average molecular weight is 301 g/mol. The molecular formula is C15H15N3O4. The van der Waals surface area contributed by atoms with Crippen molar-refractivity contribution >= 4 is 11.9 Å². The van der Waals surface area contributed by atoms with Crippen LogP contribution >= 0.6 is 0 Å². The van der Waals surface area contributed by atoms with Gasteiger partial charge in [0, 0.05) is 31.3 Å². The molecular weight excluding hydrogens is 286 g/mol. The molecule has 114 valence electrons. The Balaban J connectivity index is 2.14. The number of aromatic nitrogens is 2. The maximum absolute atomic E-state index is 11.7. The van der Waals surface area contributed by atoms with Gasteiger partial charge in [-0.2, -0.15) is 0 Å². The Labute approximate surface area is 126 Å². The van der Waals surface area contributed by atoms with E-state index in [-0.39, 0.29) is 23.5 Å². The number of carboxylic acids is 1. The summed E-state index contributed by atoms with van der Waals surface area (Å²) in [4.78, 5) is 40.1. The van der Waals surface area contributed by atoms with E-state index in [4.69, 9.17) is 5.11 Å². The summed E-state index contributed by atoms with van der Waals surface area (Å²) < 4.78 is 0. The van der Waals surface area contributed by atoms with Crippen molar-refractivity contribution in [2.45, 2.75) is 19.9 Å². The van der Waals surface area contributed by atoms with E-state index in [2.05, 4.69) is 15.3 Å². The van der Waals surface area contributed by atoms with Gasteiger partial charge >= 0.3 is 5.97 Å². The van der Waals surface area contributed by atoms with Crippen LogP contribution in [0.2, 0.25) is 0 Å². The largest absolute Gasteiger partial charge is 0.478 e. The predicted octanol–water partition coefficient (Wildman–Crippen LogP) is 0.695. The summed E-state index contributed by atoms with van der Waals surface area (Å²) >= 11 is 0. The van der Waals surface area contributed by atoms with Crippen molar-refractivity contribution in [1.82, 2.24) is 15.3 Å². The Morgan fingerprint density at radius 3 is 2.73 bits per heavy atom. The van der Waals surface area contributed by atoms with Crippen molar-refractivity contribution in [3.63, 3.8) is 0 Å². The number of carbonyl (C=O) groups excluding carboxylic acids is 1. The zero-order valence-electron chi connectivity index (χ0n) is 11.9. The van der Waals surface area contributed by atoms with E-state index in [0.29, 0.717) is 17.8 Å². The molecule has 0 aliphatic carbocycles.